The van der Waals surface area contributed by atoms with Gasteiger partial charge in [-0.25, -0.2) is 9.59 Å². The molecule has 1 aromatic rings. The Kier molecular flexibility index (Phi) is 6.45. The van der Waals surface area contributed by atoms with Crippen LogP contribution < -0.4 is 10.6 Å². The van der Waals surface area contributed by atoms with E-state index >= 15 is 0 Å². The van der Waals surface area contributed by atoms with Crippen molar-refractivity contribution in [2.24, 2.45) is 5.92 Å². The summed E-state index contributed by atoms with van der Waals surface area (Å²) < 4.78 is 4.67. The molecule has 0 bridgehead atoms. The maximum absolute atomic E-state index is 11.6. The number of carbonyl (C=O) groups is 3. The fourth-order valence-electron chi connectivity index (χ4n) is 1.24. The van der Waals surface area contributed by atoms with Crippen molar-refractivity contribution in [3.8, 4) is 0 Å². The van der Waals surface area contributed by atoms with Gasteiger partial charge in [-0.1, -0.05) is 25.2 Å². The summed E-state index contributed by atoms with van der Waals surface area (Å²) in [7, 11) is 0. The van der Waals surface area contributed by atoms with E-state index in [0.717, 1.165) is 0 Å². The molecule has 1 heterocycles. The molecule has 0 saturated heterocycles. The monoisotopic (exact) mass is 329 g/mol. The van der Waals surface area contributed by atoms with Crippen molar-refractivity contribution in [2.45, 2.75) is 13.8 Å². The lowest BCUT2D eigenvalue weighted by Crippen LogP contribution is -2.42. The summed E-state index contributed by atoms with van der Waals surface area (Å²) in [5.74, 6) is -1.43. The van der Waals surface area contributed by atoms with E-state index in [9.17, 15) is 24.5 Å². The van der Waals surface area contributed by atoms with Gasteiger partial charge >= 0.3 is 17.0 Å². The minimum absolute atomic E-state index is 0.00348. The molecule has 0 spiro atoms. The number of rotatable bonds is 6. The third-order valence-electron chi connectivity index (χ3n) is 2.23. The van der Waals surface area contributed by atoms with Crippen molar-refractivity contribution in [1.82, 2.24) is 10.6 Å². The molecule has 0 aliphatic rings. The normalized spacial score (nSPS) is 10.1. The second-order valence-corrected chi connectivity index (χ2v) is 5.69. The van der Waals surface area contributed by atoms with Gasteiger partial charge in [-0.3, -0.25) is 20.2 Å². The number of nitrogens with zero attached hydrogens (tertiary/aromatic N) is 1. The Morgan fingerprint density at radius 2 is 2.05 bits per heavy atom. The van der Waals surface area contributed by atoms with Gasteiger partial charge in [0, 0.05) is 12.6 Å². The van der Waals surface area contributed by atoms with Gasteiger partial charge in [-0.05, 0) is 12.0 Å². The topological polar surface area (TPSA) is 128 Å². The summed E-state index contributed by atoms with van der Waals surface area (Å²) in [6.07, 6.45) is 0. The number of thiophene rings is 1. The standard InChI is InChI=1S/C12H15N3O6S/c1-7(2)5-13-12(18)14-9(16)6-21-11(17)8-3-4-10(22-8)15(19)20/h3-4,7H,5-6H2,1-2H3,(H2,13,14,16,18). The lowest BCUT2D eigenvalue weighted by molar-refractivity contribution is -0.380. The minimum atomic E-state index is -0.865. The first-order valence-corrected chi connectivity index (χ1v) is 7.10. The highest BCUT2D eigenvalue weighted by molar-refractivity contribution is 7.17. The van der Waals surface area contributed by atoms with Crippen molar-refractivity contribution in [3.05, 3.63) is 27.1 Å². The smallest absolute Gasteiger partial charge is 0.349 e. The first-order chi connectivity index (χ1) is 10.3. The van der Waals surface area contributed by atoms with E-state index in [4.69, 9.17) is 0 Å². The first-order valence-electron chi connectivity index (χ1n) is 6.28. The zero-order valence-electron chi connectivity index (χ0n) is 12.0. The molecule has 22 heavy (non-hydrogen) atoms. The minimum Gasteiger partial charge on any atom is -0.451 e. The van der Waals surface area contributed by atoms with Crippen molar-refractivity contribution >= 4 is 34.2 Å². The average molecular weight is 329 g/mol. The lowest BCUT2D eigenvalue weighted by Gasteiger charge is -2.08. The van der Waals surface area contributed by atoms with Gasteiger partial charge < -0.3 is 10.1 Å². The third kappa shape index (κ3) is 5.87. The van der Waals surface area contributed by atoms with Gasteiger partial charge in [-0.2, -0.15) is 0 Å². The summed E-state index contributed by atoms with van der Waals surface area (Å²) in [5.41, 5.74) is 0. The number of hydrogen-bond acceptors (Lipinski definition) is 7. The molecule has 0 radical (unpaired) electrons. The fourth-order valence-corrected chi connectivity index (χ4v) is 1.96. The van der Waals surface area contributed by atoms with Crippen LogP contribution in [0.3, 0.4) is 0 Å². The van der Waals surface area contributed by atoms with Crippen LogP contribution in [0.5, 0.6) is 0 Å². The number of nitrogens with one attached hydrogen (secondary N) is 2. The lowest BCUT2D eigenvalue weighted by atomic mass is 10.2. The van der Waals surface area contributed by atoms with E-state index in [0.29, 0.717) is 17.9 Å². The van der Waals surface area contributed by atoms with Crippen LogP contribution in [0, 0.1) is 16.0 Å². The first kappa shape index (κ1) is 17.6. The van der Waals surface area contributed by atoms with Crippen LogP contribution in [0.25, 0.3) is 0 Å². The molecule has 10 heteroatoms. The zero-order chi connectivity index (χ0) is 16.7. The highest BCUT2D eigenvalue weighted by Gasteiger charge is 2.18. The van der Waals surface area contributed by atoms with E-state index in [1.54, 1.807) is 0 Å². The van der Waals surface area contributed by atoms with Crippen molar-refractivity contribution < 1.29 is 24.0 Å². The molecule has 0 saturated carbocycles. The van der Waals surface area contributed by atoms with Crippen molar-refractivity contribution in [1.29, 1.82) is 0 Å². The molecule has 0 unspecified atom stereocenters. The molecule has 0 aliphatic heterocycles. The Morgan fingerprint density at radius 1 is 1.36 bits per heavy atom. The van der Waals surface area contributed by atoms with Crippen LogP contribution in [0.2, 0.25) is 0 Å². The molecule has 0 aliphatic carbocycles. The van der Waals surface area contributed by atoms with Gasteiger partial charge in [0.15, 0.2) is 6.61 Å². The second-order valence-electron chi connectivity index (χ2n) is 4.62. The van der Waals surface area contributed by atoms with E-state index in [-0.39, 0.29) is 15.8 Å². The van der Waals surface area contributed by atoms with Gasteiger partial charge in [0.1, 0.15) is 4.88 Å². The molecular formula is C12H15N3O6S. The van der Waals surface area contributed by atoms with E-state index in [1.165, 1.54) is 12.1 Å². The van der Waals surface area contributed by atoms with Gasteiger partial charge in [-0.15, -0.1) is 0 Å². The predicted octanol–water partition coefficient (Wildman–Crippen LogP) is 1.29. The van der Waals surface area contributed by atoms with Gasteiger partial charge in [0.05, 0.1) is 4.92 Å². The summed E-state index contributed by atoms with van der Waals surface area (Å²) in [5, 5.41) is 14.7. The Hall–Kier alpha value is -2.49. The van der Waals surface area contributed by atoms with Crippen LogP contribution in [-0.4, -0.2) is 36.0 Å². The van der Waals surface area contributed by atoms with E-state index < -0.39 is 29.4 Å². The number of esters is 1. The summed E-state index contributed by atoms with van der Waals surface area (Å²) >= 11 is 0.641. The Balaban J connectivity index is 2.38. The second kappa shape index (κ2) is 8.08. The van der Waals surface area contributed by atoms with E-state index in [1.807, 2.05) is 19.2 Å². The number of amides is 3. The summed E-state index contributed by atoms with van der Waals surface area (Å²) in [6.45, 7) is 3.53. The Labute approximate surface area is 129 Å². The van der Waals surface area contributed by atoms with Gasteiger partial charge in [0.2, 0.25) is 0 Å². The molecule has 1 rings (SSSR count). The van der Waals surface area contributed by atoms with Crippen LogP contribution >= 0.6 is 11.3 Å². The maximum atomic E-state index is 11.6. The van der Waals surface area contributed by atoms with Crippen molar-refractivity contribution in [3.63, 3.8) is 0 Å². The van der Waals surface area contributed by atoms with E-state index in [2.05, 4.69) is 10.1 Å². The molecule has 0 atom stereocenters. The molecule has 1 aromatic heterocycles. The van der Waals surface area contributed by atoms with Crippen LogP contribution in [0.1, 0.15) is 23.5 Å². The predicted molar refractivity (Wildman–Crippen MR) is 77.6 cm³/mol. The number of hydrogen-bond donors (Lipinski definition) is 2. The molecule has 2 N–H and O–H groups in total. The van der Waals surface area contributed by atoms with Crippen LogP contribution in [0.15, 0.2) is 12.1 Å². The molecule has 0 aromatic carbocycles. The average Bonchev–Trinajstić information content (AvgIpc) is 2.92. The van der Waals surface area contributed by atoms with Crippen LogP contribution in [-0.2, 0) is 9.53 Å². The fraction of sp³-hybridized carbons (Fsp3) is 0.417. The number of carbonyl (C=O) groups excluding carboxylic acids is 3. The van der Waals surface area contributed by atoms with Gasteiger partial charge in [0.25, 0.3) is 5.91 Å². The largest absolute Gasteiger partial charge is 0.451 e. The number of imide groups is 1. The molecular weight excluding hydrogens is 314 g/mol. The van der Waals surface area contributed by atoms with Crippen LogP contribution in [0.4, 0.5) is 9.80 Å². The number of urea groups is 1. The Morgan fingerprint density at radius 3 is 2.59 bits per heavy atom. The molecule has 9 nitrogen and oxygen atoms in total. The molecule has 120 valence electrons. The number of ether oxygens (including phenoxy) is 1. The van der Waals surface area contributed by atoms with Crippen molar-refractivity contribution in [2.75, 3.05) is 13.2 Å². The summed E-state index contributed by atoms with van der Waals surface area (Å²) in [6, 6.07) is 1.72. The SMILES string of the molecule is CC(C)CNC(=O)NC(=O)COC(=O)c1ccc([N+](=O)[O-])s1. The summed E-state index contributed by atoms with van der Waals surface area (Å²) in [4.78, 5) is 44.1. The zero-order valence-corrected chi connectivity index (χ0v) is 12.8. The highest BCUT2D eigenvalue weighted by atomic mass is 32.1. The molecule has 0 fully saturated rings. The Bertz CT molecular complexity index is 583. The number of nitro groups is 1. The third-order valence-corrected chi connectivity index (χ3v) is 3.25. The molecule has 3 amide bonds. The quantitative estimate of drug-likeness (QED) is 0.460. The highest BCUT2D eigenvalue weighted by Crippen LogP contribution is 2.24. The maximum Gasteiger partial charge on any atom is 0.349 e.